The molecule has 2 rings (SSSR count). The summed E-state index contributed by atoms with van der Waals surface area (Å²) in [4.78, 5) is 11.9. The van der Waals surface area contributed by atoms with Gasteiger partial charge in [0.1, 0.15) is 0 Å². The van der Waals surface area contributed by atoms with E-state index in [1.54, 1.807) is 0 Å². The Morgan fingerprint density at radius 1 is 1.42 bits per heavy atom. The first kappa shape index (κ1) is 14.5. The minimum Gasteiger partial charge on any atom is -0.356 e. The highest BCUT2D eigenvalue weighted by Gasteiger charge is 2.13. The maximum absolute atomic E-state index is 11.9. The number of benzene rings is 1. The van der Waals surface area contributed by atoms with Crippen molar-refractivity contribution in [2.45, 2.75) is 25.7 Å². The average molecular weight is 325 g/mol. The summed E-state index contributed by atoms with van der Waals surface area (Å²) < 4.78 is 1.00. The minimum atomic E-state index is 0.107. The van der Waals surface area contributed by atoms with Crippen molar-refractivity contribution in [3.63, 3.8) is 0 Å². The Labute approximate surface area is 123 Å². The zero-order valence-electron chi connectivity index (χ0n) is 11.1. The van der Waals surface area contributed by atoms with Crippen LogP contribution in [0.3, 0.4) is 0 Å². The topological polar surface area (TPSA) is 41.1 Å². The maximum atomic E-state index is 11.9. The van der Waals surface area contributed by atoms with Gasteiger partial charge in [-0.3, -0.25) is 4.79 Å². The molecule has 1 saturated heterocycles. The second-order valence-corrected chi connectivity index (χ2v) is 5.97. The first-order chi connectivity index (χ1) is 9.25. The highest BCUT2D eigenvalue weighted by atomic mass is 79.9. The van der Waals surface area contributed by atoms with Gasteiger partial charge in [0.15, 0.2) is 0 Å². The maximum Gasteiger partial charge on any atom is 0.224 e. The van der Waals surface area contributed by atoms with Crippen LogP contribution in [0.15, 0.2) is 28.7 Å². The van der Waals surface area contributed by atoms with Crippen molar-refractivity contribution in [2.75, 3.05) is 19.6 Å². The standard InChI is InChI=1S/C15H21BrN2O/c16-14-6-2-1-5-13(14)10-15(19)18-9-7-12-4-3-8-17-11-12/h1-2,5-6,12,17H,3-4,7-11H2,(H,18,19). The molecule has 0 spiro atoms. The molecule has 1 fully saturated rings. The van der Waals surface area contributed by atoms with Crippen LogP contribution in [0.4, 0.5) is 0 Å². The van der Waals surface area contributed by atoms with Crippen molar-refractivity contribution in [1.29, 1.82) is 0 Å². The molecule has 0 aliphatic carbocycles. The fourth-order valence-corrected chi connectivity index (χ4v) is 2.89. The van der Waals surface area contributed by atoms with Gasteiger partial charge in [-0.1, -0.05) is 34.1 Å². The third kappa shape index (κ3) is 4.96. The van der Waals surface area contributed by atoms with Gasteiger partial charge in [0.25, 0.3) is 0 Å². The first-order valence-electron chi connectivity index (χ1n) is 6.96. The van der Waals surface area contributed by atoms with E-state index < -0.39 is 0 Å². The van der Waals surface area contributed by atoms with Gasteiger partial charge in [0, 0.05) is 11.0 Å². The monoisotopic (exact) mass is 324 g/mol. The summed E-state index contributed by atoms with van der Waals surface area (Å²) in [7, 11) is 0. The largest absolute Gasteiger partial charge is 0.356 e. The molecule has 19 heavy (non-hydrogen) atoms. The molecule has 2 N–H and O–H groups in total. The number of piperidine rings is 1. The number of halogens is 1. The van der Waals surface area contributed by atoms with Crippen LogP contribution in [0.5, 0.6) is 0 Å². The Kier molecular flexibility index (Phi) is 5.86. The van der Waals surface area contributed by atoms with Crippen LogP contribution in [0, 0.1) is 5.92 Å². The smallest absolute Gasteiger partial charge is 0.224 e. The quantitative estimate of drug-likeness (QED) is 0.873. The Morgan fingerprint density at radius 3 is 3.00 bits per heavy atom. The van der Waals surface area contributed by atoms with Crippen LogP contribution < -0.4 is 10.6 Å². The summed E-state index contributed by atoms with van der Waals surface area (Å²) in [5.74, 6) is 0.827. The lowest BCUT2D eigenvalue weighted by Gasteiger charge is -2.22. The summed E-state index contributed by atoms with van der Waals surface area (Å²) in [6.07, 6.45) is 4.07. The zero-order chi connectivity index (χ0) is 13.5. The summed E-state index contributed by atoms with van der Waals surface area (Å²) in [5.41, 5.74) is 1.04. The number of nitrogens with one attached hydrogen (secondary N) is 2. The van der Waals surface area contributed by atoms with E-state index in [1.807, 2.05) is 24.3 Å². The van der Waals surface area contributed by atoms with Crippen LogP contribution >= 0.6 is 15.9 Å². The third-order valence-electron chi connectivity index (χ3n) is 3.58. The molecule has 4 heteroatoms. The van der Waals surface area contributed by atoms with Gasteiger partial charge in [-0.2, -0.15) is 0 Å². The lowest BCUT2D eigenvalue weighted by Crippen LogP contribution is -2.33. The molecule has 0 saturated carbocycles. The van der Waals surface area contributed by atoms with E-state index in [0.717, 1.165) is 42.0 Å². The molecular formula is C15H21BrN2O. The van der Waals surface area contributed by atoms with Crippen molar-refractivity contribution in [3.05, 3.63) is 34.3 Å². The van der Waals surface area contributed by atoms with E-state index in [4.69, 9.17) is 0 Å². The fraction of sp³-hybridized carbons (Fsp3) is 0.533. The van der Waals surface area contributed by atoms with E-state index in [9.17, 15) is 4.79 Å². The van der Waals surface area contributed by atoms with E-state index >= 15 is 0 Å². The first-order valence-corrected chi connectivity index (χ1v) is 7.76. The lowest BCUT2D eigenvalue weighted by atomic mass is 9.96. The molecule has 0 bridgehead atoms. The van der Waals surface area contributed by atoms with Gasteiger partial charge in [0.05, 0.1) is 6.42 Å². The van der Waals surface area contributed by atoms with E-state index in [1.165, 1.54) is 12.8 Å². The molecule has 1 aromatic rings. The Bertz CT molecular complexity index is 416. The number of amides is 1. The fourth-order valence-electron chi connectivity index (χ4n) is 2.46. The van der Waals surface area contributed by atoms with Crippen molar-refractivity contribution in [1.82, 2.24) is 10.6 Å². The number of hydrogen-bond donors (Lipinski definition) is 2. The van der Waals surface area contributed by atoms with Crippen LogP contribution in [0.25, 0.3) is 0 Å². The molecule has 1 aliphatic rings. The summed E-state index contributed by atoms with van der Waals surface area (Å²) in [5, 5.41) is 6.42. The third-order valence-corrected chi connectivity index (χ3v) is 4.36. The van der Waals surface area contributed by atoms with Crippen molar-refractivity contribution in [3.8, 4) is 0 Å². The Hall–Kier alpha value is -0.870. The predicted octanol–water partition coefficient (Wildman–Crippen LogP) is 2.50. The SMILES string of the molecule is O=C(Cc1ccccc1Br)NCCC1CCCNC1. The average Bonchev–Trinajstić information content (AvgIpc) is 2.43. The molecule has 104 valence electrons. The molecule has 0 radical (unpaired) electrons. The van der Waals surface area contributed by atoms with Gasteiger partial charge in [0.2, 0.25) is 5.91 Å². The number of carbonyl (C=O) groups excluding carboxylic acids is 1. The number of hydrogen-bond acceptors (Lipinski definition) is 2. The van der Waals surface area contributed by atoms with Crippen LogP contribution in [-0.2, 0) is 11.2 Å². The summed E-state index contributed by atoms with van der Waals surface area (Å²) in [6, 6.07) is 7.87. The second-order valence-electron chi connectivity index (χ2n) is 5.12. The predicted molar refractivity (Wildman–Crippen MR) is 81.1 cm³/mol. The molecule has 1 aromatic carbocycles. The minimum absolute atomic E-state index is 0.107. The van der Waals surface area contributed by atoms with E-state index in [0.29, 0.717) is 6.42 Å². The molecule has 1 aliphatic heterocycles. The molecule has 1 unspecified atom stereocenters. The Balaban J connectivity index is 1.68. The molecular weight excluding hydrogens is 304 g/mol. The van der Waals surface area contributed by atoms with Gasteiger partial charge >= 0.3 is 0 Å². The summed E-state index contributed by atoms with van der Waals surface area (Å²) in [6.45, 7) is 3.03. The van der Waals surface area contributed by atoms with Crippen molar-refractivity contribution >= 4 is 21.8 Å². The molecule has 1 atom stereocenters. The number of carbonyl (C=O) groups is 1. The molecule has 1 heterocycles. The zero-order valence-corrected chi connectivity index (χ0v) is 12.7. The Morgan fingerprint density at radius 2 is 2.26 bits per heavy atom. The lowest BCUT2D eigenvalue weighted by molar-refractivity contribution is -0.120. The van der Waals surface area contributed by atoms with Gasteiger partial charge in [-0.15, -0.1) is 0 Å². The van der Waals surface area contributed by atoms with E-state index in [2.05, 4.69) is 26.6 Å². The molecule has 1 amide bonds. The van der Waals surface area contributed by atoms with Crippen LogP contribution in [0.2, 0.25) is 0 Å². The van der Waals surface area contributed by atoms with E-state index in [-0.39, 0.29) is 5.91 Å². The normalized spacial score (nSPS) is 19.1. The van der Waals surface area contributed by atoms with Gasteiger partial charge < -0.3 is 10.6 Å². The molecule has 0 aromatic heterocycles. The highest BCUT2D eigenvalue weighted by Crippen LogP contribution is 2.16. The summed E-state index contributed by atoms with van der Waals surface area (Å²) >= 11 is 3.47. The second kappa shape index (κ2) is 7.65. The number of rotatable bonds is 5. The van der Waals surface area contributed by atoms with Crippen molar-refractivity contribution in [2.24, 2.45) is 5.92 Å². The van der Waals surface area contributed by atoms with Gasteiger partial charge in [-0.25, -0.2) is 0 Å². The van der Waals surface area contributed by atoms with Crippen LogP contribution in [-0.4, -0.2) is 25.5 Å². The van der Waals surface area contributed by atoms with Crippen LogP contribution in [0.1, 0.15) is 24.8 Å². The molecule has 3 nitrogen and oxygen atoms in total. The highest BCUT2D eigenvalue weighted by molar-refractivity contribution is 9.10. The van der Waals surface area contributed by atoms with Gasteiger partial charge in [-0.05, 0) is 49.9 Å². The van der Waals surface area contributed by atoms with Crippen molar-refractivity contribution < 1.29 is 4.79 Å².